The number of amides is 1. The summed E-state index contributed by atoms with van der Waals surface area (Å²) < 4.78 is 11.0. The van der Waals surface area contributed by atoms with Crippen molar-refractivity contribution in [3.63, 3.8) is 0 Å². The highest BCUT2D eigenvalue weighted by molar-refractivity contribution is 5.89. The number of aliphatic hydroxyl groups excluding tert-OH is 1. The third-order valence-corrected chi connectivity index (χ3v) is 3.84. The van der Waals surface area contributed by atoms with E-state index in [0.29, 0.717) is 5.90 Å². The van der Waals surface area contributed by atoms with Gasteiger partial charge in [-0.05, 0) is 26.2 Å². The molecule has 0 saturated carbocycles. The lowest BCUT2D eigenvalue weighted by atomic mass is 9.83. The second-order valence-corrected chi connectivity index (χ2v) is 9.55. The van der Waals surface area contributed by atoms with E-state index in [9.17, 15) is 9.90 Å². The van der Waals surface area contributed by atoms with Gasteiger partial charge in [0.2, 0.25) is 5.90 Å². The summed E-state index contributed by atoms with van der Waals surface area (Å²) in [6.07, 6.45) is -1.80. The fourth-order valence-electron chi connectivity index (χ4n) is 2.60. The SMILES string of the molecule is COC1=N[C@H](C(C)(C)C)N(C(=O)OC(C)(C)C)[C@H]1[C@@H](O)C(C)(C)C. The van der Waals surface area contributed by atoms with Gasteiger partial charge in [-0.3, -0.25) is 4.90 Å². The van der Waals surface area contributed by atoms with Crippen molar-refractivity contribution in [3.8, 4) is 0 Å². The van der Waals surface area contributed by atoms with Gasteiger partial charge < -0.3 is 14.6 Å². The first-order valence-corrected chi connectivity index (χ1v) is 8.40. The van der Waals surface area contributed by atoms with Gasteiger partial charge in [0.1, 0.15) is 17.8 Å². The smallest absolute Gasteiger partial charge is 0.412 e. The third kappa shape index (κ3) is 4.62. The number of carbonyl (C=O) groups excluding carboxylic acids is 1. The predicted molar refractivity (Wildman–Crippen MR) is 95.0 cm³/mol. The molecule has 0 aromatic carbocycles. The van der Waals surface area contributed by atoms with Gasteiger partial charge in [0.25, 0.3) is 0 Å². The molecule has 0 aliphatic carbocycles. The third-order valence-electron chi connectivity index (χ3n) is 3.84. The zero-order valence-corrected chi connectivity index (χ0v) is 16.8. The minimum atomic E-state index is -0.837. The van der Waals surface area contributed by atoms with E-state index in [1.54, 1.807) is 0 Å². The Morgan fingerprint density at radius 2 is 1.62 bits per heavy atom. The maximum absolute atomic E-state index is 12.9. The van der Waals surface area contributed by atoms with E-state index in [1.807, 2.05) is 62.3 Å². The number of hydrogen-bond acceptors (Lipinski definition) is 5. The zero-order valence-electron chi connectivity index (χ0n) is 16.8. The summed E-state index contributed by atoms with van der Waals surface area (Å²) in [5.41, 5.74) is -1.41. The number of hydrogen-bond donors (Lipinski definition) is 1. The number of carbonyl (C=O) groups is 1. The molecule has 6 heteroatoms. The molecule has 0 aromatic rings. The highest BCUT2D eigenvalue weighted by Gasteiger charge is 2.52. The van der Waals surface area contributed by atoms with Crippen LogP contribution in [-0.2, 0) is 9.47 Å². The molecule has 1 heterocycles. The van der Waals surface area contributed by atoms with Gasteiger partial charge in [-0.15, -0.1) is 0 Å². The van der Waals surface area contributed by atoms with Crippen LogP contribution in [0.4, 0.5) is 4.79 Å². The molecule has 0 radical (unpaired) electrons. The maximum atomic E-state index is 12.9. The molecule has 1 amide bonds. The van der Waals surface area contributed by atoms with Crippen molar-refractivity contribution in [2.45, 2.75) is 86.2 Å². The first-order chi connectivity index (χ1) is 10.6. The first kappa shape index (κ1) is 20.7. The number of nitrogens with zero attached hydrogens (tertiary/aromatic N) is 2. The predicted octanol–water partition coefficient (Wildman–Crippen LogP) is 3.43. The summed E-state index contributed by atoms with van der Waals surface area (Å²) in [5.74, 6) is 0.364. The average molecular weight is 342 g/mol. The van der Waals surface area contributed by atoms with Crippen LogP contribution < -0.4 is 0 Å². The molecule has 0 saturated heterocycles. The van der Waals surface area contributed by atoms with Gasteiger partial charge in [-0.1, -0.05) is 41.5 Å². The lowest BCUT2D eigenvalue weighted by Crippen LogP contribution is -2.57. The summed E-state index contributed by atoms with van der Waals surface area (Å²) in [6, 6.07) is -0.672. The second-order valence-electron chi connectivity index (χ2n) is 9.55. The van der Waals surface area contributed by atoms with Gasteiger partial charge in [0.05, 0.1) is 13.2 Å². The highest BCUT2D eigenvalue weighted by atomic mass is 16.6. The molecule has 24 heavy (non-hydrogen) atoms. The Balaban J connectivity index is 3.34. The van der Waals surface area contributed by atoms with Gasteiger partial charge >= 0.3 is 6.09 Å². The Bertz CT molecular complexity index is 495. The van der Waals surface area contributed by atoms with E-state index in [4.69, 9.17) is 9.47 Å². The summed E-state index contributed by atoms with van der Waals surface area (Å²) in [4.78, 5) is 19.0. The van der Waals surface area contributed by atoms with Crippen LogP contribution >= 0.6 is 0 Å². The lowest BCUT2D eigenvalue weighted by Gasteiger charge is -2.40. The van der Waals surface area contributed by atoms with Crippen LogP contribution in [0.3, 0.4) is 0 Å². The van der Waals surface area contributed by atoms with Crippen LogP contribution in [-0.4, -0.2) is 53.0 Å². The Labute approximate surface area is 146 Å². The number of aliphatic hydroxyl groups is 1. The van der Waals surface area contributed by atoms with Crippen LogP contribution in [0.5, 0.6) is 0 Å². The van der Waals surface area contributed by atoms with Crippen LogP contribution in [0.15, 0.2) is 4.99 Å². The Kier molecular flexibility index (Phi) is 5.65. The number of ether oxygens (including phenoxy) is 2. The Morgan fingerprint density at radius 1 is 1.12 bits per heavy atom. The van der Waals surface area contributed by atoms with E-state index in [-0.39, 0.29) is 5.41 Å². The monoisotopic (exact) mass is 342 g/mol. The normalized spacial score (nSPS) is 23.8. The minimum Gasteiger partial charge on any atom is -0.483 e. The zero-order chi connectivity index (χ0) is 19.1. The topological polar surface area (TPSA) is 71.4 Å². The quantitative estimate of drug-likeness (QED) is 0.792. The van der Waals surface area contributed by atoms with E-state index in [0.717, 1.165) is 0 Å². The molecule has 0 spiro atoms. The molecular weight excluding hydrogens is 308 g/mol. The molecule has 0 aromatic heterocycles. The van der Waals surface area contributed by atoms with Gasteiger partial charge in [0.15, 0.2) is 0 Å². The standard InChI is InChI=1S/C18H34N2O4/c1-16(2,3)12(21)11-13(23-10)19-14(17(4,5)6)20(11)15(22)24-18(7,8)9/h11-12,14,21H,1-10H3/t11-,12+,14-/m0/s1. The van der Waals surface area contributed by atoms with Gasteiger partial charge in [-0.2, -0.15) is 0 Å². The molecule has 1 rings (SSSR count). The fraction of sp³-hybridized carbons (Fsp3) is 0.889. The van der Waals surface area contributed by atoms with Crippen LogP contribution in [0, 0.1) is 10.8 Å². The largest absolute Gasteiger partial charge is 0.483 e. The van der Waals surface area contributed by atoms with Crippen molar-refractivity contribution in [2.24, 2.45) is 15.8 Å². The molecule has 1 aliphatic heterocycles. The maximum Gasteiger partial charge on any atom is 0.412 e. The molecular formula is C18H34N2O4. The lowest BCUT2D eigenvalue weighted by molar-refractivity contribution is -0.0373. The summed E-state index contributed by atoms with van der Waals surface area (Å²) >= 11 is 0. The van der Waals surface area contributed by atoms with Crippen molar-refractivity contribution in [2.75, 3.05) is 7.11 Å². The minimum absolute atomic E-state index is 0.326. The first-order valence-electron chi connectivity index (χ1n) is 8.40. The van der Waals surface area contributed by atoms with Crippen molar-refractivity contribution in [1.82, 2.24) is 4.90 Å². The Morgan fingerprint density at radius 3 is 1.96 bits per heavy atom. The number of methoxy groups -OCH3 is 1. The average Bonchev–Trinajstić information content (AvgIpc) is 2.73. The summed E-state index contributed by atoms with van der Waals surface area (Å²) in [5, 5.41) is 10.9. The van der Waals surface area contributed by atoms with Crippen LogP contribution in [0.2, 0.25) is 0 Å². The van der Waals surface area contributed by atoms with E-state index >= 15 is 0 Å². The highest BCUT2D eigenvalue weighted by Crippen LogP contribution is 2.37. The molecule has 3 atom stereocenters. The molecule has 0 unspecified atom stereocenters. The molecule has 0 bridgehead atoms. The van der Waals surface area contributed by atoms with Crippen molar-refractivity contribution < 1.29 is 19.4 Å². The molecule has 0 fully saturated rings. The molecule has 6 nitrogen and oxygen atoms in total. The van der Waals surface area contributed by atoms with Crippen LogP contribution in [0.25, 0.3) is 0 Å². The van der Waals surface area contributed by atoms with E-state index < -0.39 is 35.4 Å². The fourth-order valence-corrected chi connectivity index (χ4v) is 2.60. The molecule has 1 aliphatic rings. The summed E-state index contributed by atoms with van der Waals surface area (Å²) in [7, 11) is 1.51. The van der Waals surface area contributed by atoms with Gasteiger partial charge in [-0.25, -0.2) is 9.79 Å². The van der Waals surface area contributed by atoms with Crippen molar-refractivity contribution >= 4 is 12.0 Å². The summed E-state index contributed by atoms with van der Waals surface area (Å²) in [6.45, 7) is 17.2. The van der Waals surface area contributed by atoms with Crippen LogP contribution in [0.1, 0.15) is 62.3 Å². The number of aliphatic imine (C=N–C) groups is 1. The Hall–Kier alpha value is -1.30. The van der Waals surface area contributed by atoms with Crippen molar-refractivity contribution in [3.05, 3.63) is 0 Å². The van der Waals surface area contributed by atoms with E-state index in [2.05, 4.69) is 4.99 Å². The van der Waals surface area contributed by atoms with Gasteiger partial charge in [0, 0.05) is 5.41 Å². The van der Waals surface area contributed by atoms with Crippen molar-refractivity contribution in [1.29, 1.82) is 0 Å². The molecule has 1 N–H and O–H groups in total. The molecule has 140 valence electrons. The second kappa shape index (κ2) is 6.54. The van der Waals surface area contributed by atoms with E-state index in [1.165, 1.54) is 12.0 Å². The number of rotatable bonds is 1.